The van der Waals surface area contributed by atoms with Gasteiger partial charge in [-0.15, -0.1) is 11.3 Å². The van der Waals surface area contributed by atoms with Crippen molar-refractivity contribution < 1.29 is 9.59 Å². The van der Waals surface area contributed by atoms with E-state index in [4.69, 9.17) is 16.6 Å². The van der Waals surface area contributed by atoms with Gasteiger partial charge in [-0.25, -0.2) is 4.98 Å². The molecule has 29 heavy (non-hydrogen) atoms. The lowest BCUT2D eigenvalue weighted by molar-refractivity contribution is -0.131. The molecular weight excluding hydrogens is 406 g/mol. The number of carbonyl (C=O) groups excluding carboxylic acids is 2. The Bertz CT molecular complexity index is 1060. The van der Waals surface area contributed by atoms with Gasteiger partial charge in [0.05, 0.1) is 21.8 Å². The number of benzene rings is 2. The van der Waals surface area contributed by atoms with Gasteiger partial charge in [-0.2, -0.15) is 0 Å². The quantitative estimate of drug-likeness (QED) is 0.671. The average Bonchev–Trinajstić information content (AvgIpc) is 3.15. The lowest BCUT2D eigenvalue weighted by atomic mass is 9.97. The second-order valence-corrected chi connectivity index (χ2v) is 8.82. The number of nitrogens with one attached hydrogen (secondary N) is 1. The summed E-state index contributed by atoms with van der Waals surface area (Å²) in [6.45, 7) is 3.27. The molecule has 0 aliphatic carbocycles. The van der Waals surface area contributed by atoms with Gasteiger partial charge in [-0.1, -0.05) is 29.8 Å². The maximum absolute atomic E-state index is 12.5. The number of aryl methyl sites for hydroxylation is 1. The molecule has 1 saturated heterocycles. The molecule has 1 aliphatic heterocycles. The maximum Gasteiger partial charge on any atom is 0.251 e. The van der Waals surface area contributed by atoms with Crippen molar-refractivity contribution >= 4 is 45.0 Å². The van der Waals surface area contributed by atoms with Crippen LogP contribution in [0.3, 0.4) is 0 Å². The lowest BCUT2D eigenvalue weighted by Crippen LogP contribution is -2.43. The van der Waals surface area contributed by atoms with Gasteiger partial charge in [-0.3, -0.25) is 9.59 Å². The average molecular weight is 428 g/mol. The summed E-state index contributed by atoms with van der Waals surface area (Å²) in [6, 6.07) is 13.2. The van der Waals surface area contributed by atoms with Crippen molar-refractivity contribution in [1.29, 1.82) is 0 Å². The van der Waals surface area contributed by atoms with Gasteiger partial charge in [-0.05, 0) is 49.6 Å². The van der Waals surface area contributed by atoms with Gasteiger partial charge in [0.1, 0.15) is 0 Å². The summed E-state index contributed by atoms with van der Waals surface area (Å²) >= 11 is 7.76. The van der Waals surface area contributed by atoms with E-state index in [-0.39, 0.29) is 18.4 Å². The molecule has 0 saturated carbocycles. The van der Waals surface area contributed by atoms with E-state index in [2.05, 4.69) is 5.32 Å². The van der Waals surface area contributed by atoms with E-state index in [1.54, 1.807) is 17.4 Å². The summed E-state index contributed by atoms with van der Waals surface area (Å²) in [6.07, 6.45) is 1.76. The molecule has 0 radical (unpaired) electrons. The van der Waals surface area contributed by atoms with Crippen molar-refractivity contribution in [3.63, 3.8) is 0 Å². The number of rotatable bonds is 4. The van der Waals surface area contributed by atoms with Crippen LogP contribution in [0.25, 0.3) is 10.2 Å². The number of fused-ring (bicyclic) bond motifs is 1. The van der Waals surface area contributed by atoms with Crippen molar-refractivity contribution in [3.8, 4) is 0 Å². The minimum absolute atomic E-state index is 0.0253. The number of amides is 2. The minimum atomic E-state index is -0.209. The second kappa shape index (κ2) is 8.51. The molecule has 3 aromatic rings. The Kier molecular flexibility index (Phi) is 5.83. The van der Waals surface area contributed by atoms with Crippen LogP contribution in [0.1, 0.15) is 39.7 Å². The number of likely N-dealkylation sites (tertiary alicyclic amines) is 1. The summed E-state index contributed by atoms with van der Waals surface area (Å²) in [7, 11) is 0. The third kappa shape index (κ3) is 4.43. The molecule has 0 atom stereocenters. The number of hydrogen-bond donors (Lipinski definition) is 1. The molecule has 2 amide bonds. The van der Waals surface area contributed by atoms with Crippen molar-refractivity contribution in [2.45, 2.75) is 25.7 Å². The Hall–Kier alpha value is -2.44. The molecule has 0 bridgehead atoms. The largest absolute Gasteiger partial charge is 0.343 e. The number of carbonyl (C=O) groups is 2. The Labute approximate surface area is 178 Å². The third-order valence-electron chi connectivity index (χ3n) is 5.35. The molecule has 4 rings (SSSR count). The van der Waals surface area contributed by atoms with Crippen LogP contribution in [-0.2, 0) is 4.79 Å². The molecule has 0 unspecified atom stereocenters. The van der Waals surface area contributed by atoms with Gasteiger partial charge >= 0.3 is 0 Å². The molecule has 150 valence electrons. The van der Waals surface area contributed by atoms with Crippen LogP contribution in [0.15, 0.2) is 42.5 Å². The summed E-state index contributed by atoms with van der Waals surface area (Å²) in [4.78, 5) is 31.4. The first-order valence-corrected chi connectivity index (χ1v) is 10.9. The van der Waals surface area contributed by atoms with Crippen molar-refractivity contribution in [2.24, 2.45) is 0 Å². The zero-order valence-corrected chi connectivity index (χ0v) is 17.7. The summed E-state index contributed by atoms with van der Waals surface area (Å²) in [5.74, 6) is 0.109. The van der Waals surface area contributed by atoms with Crippen molar-refractivity contribution in [3.05, 3.63) is 63.6 Å². The Morgan fingerprint density at radius 2 is 1.97 bits per heavy atom. The topological polar surface area (TPSA) is 62.3 Å². The highest BCUT2D eigenvalue weighted by atomic mass is 35.5. The molecule has 1 aromatic heterocycles. The fourth-order valence-corrected chi connectivity index (χ4v) is 4.94. The first-order valence-electron chi connectivity index (χ1n) is 9.69. The molecule has 2 heterocycles. The predicted molar refractivity (Wildman–Crippen MR) is 117 cm³/mol. The van der Waals surface area contributed by atoms with Crippen LogP contribution < -0.4 is 5.32 Å². The predicted octanol–water partition coefficient (Wildman–Crippen LogP) is 4.39. The summed E-state index contributed by atoms with van der Waals surface area (Å²) < 4.78 is 1.14. The molecular formula is C22H22ClN3O2S. The summed E-state index contributed by atoms with van der Waals surface area (Å²) in [5, 5.41) is 4.56. The fraction of sp³-hybridized carbons (Fsp3) is 0.318. The van der Waals surface area contributed by atoms with Gasteiger partial charge in [0.2, 0.25) is 5.91 Å². The molecule has 5 nitrogen and oxygen atoms in total. The standard InChI is InChI=1S/C22H22ClN3O2S/c1-14-4-2-3-5-17(14)21(28)24-13-20(27)26-10-8-15(9-11-26)22-25-18-12-16(23)6-7-19(18)29-22/h2-7,12,15H,8-11,13H2,1H3,(H,24,28). The van der Waals surface area contributed by atoms with Crippen LogP contribution in [-0.4, -0.2) is 41.3 Å². The number of nitrogens with zero attached hydrogens (tertiary/aromatic N) is 2. The van der Waals surface area contributed by atoms with Gasteiger partial charge in [0.25, 0.3) is 5.91 Å². The third-order valence-corrected chi connectivity index (χ3v) is 6.79. The zero-order chi connectivity index (χ0) is 20.4. The van der Waals surface area contributed by atoms with E-state index >= 15 is 0 Å². The van der Waals surface area contributed by atoms with Crippen LogP contribution in [0, 0.1) is 6.92 Å². The number of aromatic nitrogens is 1. The molecule has 7 heteroatoms. The monoisotopic (exact) mass is 427 g/mol. The smallest absolute Gasteiger partial charge is 0.251 e. The van der Waals surface area contributed by atoms with E-state index in [9.17, 15) is 9.59 Å². The Balaban J connectivity index is 1.31. The van der Waals surface area contributed by atoms with E-state index in [1.165, 1.54) is 0 Å². The molecule has 1 fully saturated rings. The molecule has 1 aliphatic rings. The van der Waals surface area contributed by atoms with Crippen LogP contribution in [0.5, 0.6) is 0 Å². The van der Waals surface area contributed by atoms with Crippen LogP contribution >= 0.6 is 22.9 Å². The number of hydrogen-bond acceptors (Lipinski definition) is 4. The molecule has 0 spiro atoms. The number of piperidine rings is 1. The van der Waals surface area contributed by atoms with E-state index < -0.39 is 0 Å². The molecule has 1 N–H and O–H groups in total. The van der Waals surface area contributed by atoms with E-state index in [1.807, 2.05) is 48.2 Å². The summed E-state index contributed by atoms with van der Waals surface area (Å²) in [5.41, 5.74) is 2.44. The second-order valence-electron chi connectivity index (χ2n) is 7.32. The highest BCUT2D eigenvalue weighted by molar-refractivity contribution is 7.18. The Morgan fingerprint density at radius 1 is 1.21 bits per heavy atom. The first-order chi connectivity index (χ1) is 14.0. The zero-order valence-electron chi connectivity index (χ0n) is 16.2. The highest BCUT2D eigenvalue weighted by Gasteiger charge is 2.26. The van der Waals surface area contributed by atoms with Gasteiger partial charge in [0.15, 0.2) is 0 Å². The van der Waals surface area contributed by atoms with Crippen molar-refractivity contribution in [2.75, 3.05) is 19.6 Å². The van der Waals surface area contributed by atoms with E-state index in [0.717, 1.165) is 33.6 Å². The number of halogens is 1. The van der Waals surface area contributed by atoms with Crippen LogP contribution in [0.2, 0.25) is 5.02 Å². The highest BCUT2D eigenvalue weighted by Crippen LogP contribution is 2.34. The lowest BCUT2D eigenvalue weighted by Gasteiger charge is -2.31. The fourth-order valence-electron chi connectivity index (χ4n) is 3.66. The maximum atomic E-state index is 12.5. The van der Waals surface area contributed by atoms with Gasteiger partial charge < -0.3 is 10.2 Å². The Morgan fingerprint density at radius 3 is 2.72 bits per heavy atom. The SMILES string of the molecule is Cc1ccccc1C(=O)NCC(=O)N1CCC(c2nc3cc(Cl)ccc3s2)CC1. The van der Waals surface area contributed by atoms with E-state index in [0.29, 0.717) is 29.6 Å². The van der Waals surface area contributed by atoms with Crippen LogP contribution in [0.4, 0.5) is 0 Å². The normalized spacial score (nSPS) is 14.9. The van der Waals surface area contributed by atoms with Gasteiger partial charge in [0, 0.05) is 29.6 Å². The first kappa shape index (κ1) is 19.9. The molecule has 2 aromatic carbocycles. The number of thiazole rings is 1. The van der Waals surface area contributed by atoms with Crippen molar-refractivity contribution in [1.82, 2.24) is 15.2 Å². The minimum Gasteiger partial charge on any atom is -0.343 e.